The number of benzene rings is 2. The Morgan fingerprint density at radius 3 is 2.42 bits per heavy atom. The molecule has 0 radical (unpaired) electrons. The van der Waals surface area contributed by atoms with E-state index in [9.17, 15) is 14.3 Å². The van der Waals surface area contributed by atoms with Gasteiger partial charge in [-0.05, 0) is 60.8 Å². The van der Waals surface area contributed by atoms with Gasteiger partial charge in [0, 0.05) is 18.7 Å². The van der Waals surface area contributed by atoms with Gasteiger partial charge in [-0.3, -0.25) is 9.69 Å². The zero-order valence-corrected chi connectivity index (χ0v) is 14.8. The fraction of sp³-hybridized carbons (Fsp3) is 0.409. The van der Waals surface area contributed by atoms with Gasteiger partial charge in [0.15, 0.2) is 17.3 Å². The van der Waals surface area contributed by atoms with E-state index in [-0.39, 0.29) is 5.78 Å². The molecular formula is C22H24FNO2. The van der Waals surface area contributed by atoms with Crippen molar-refractivity contribution in [3.63, 3.8) is 0 Å². The largest absolute Gasteiger partial charge is 0.505 e. The molecule has 1 saturated heterocycles. The molecule has 1 aliphatic carbocycles. The number of hydrogen-bond donors (Lipinski definition) is 1. The third-order valence-electron chi connectivity index (χ3n) is 5.93. The van der Waals surface area contributed by atoms with Crippen molar-refractivity contribution in [1.82, 2.24) is 4.90 Å². The summed E-state index contributed by atoms with van der Waals surface area (Å²) in [6.45, 7) is 2.26. The number of ketones is 1. The van der Waals surface area contributed by atoms with E-state index in [0.717, 1.165) is 31.5 Å². The Morgan fingerprint density at radius 1 is 1.08 bits per heavy atom. The van der Waals surface area contributed by atoms with Crippen LogP contribution < -0.4 is 0 Å². The monoisotopic (exact) mass is 353 g/mol. The predicted molar refractivity (Wildman–Crippen MR) is 98.7 cm³/mol. The fourth-order valence-electron chi connectivity index (χ4n) is 4.74. The molecule has 0 spiro atoms. The van der Waals surface area contributed by atoms with E-state index in [4.69, 9.17) is 0 Å². The number of rotatable bonds is 5. The average molecular weight is 353 g/mol. The van der Waals surface area contributed by atoms with Crippen LogP contribution in [0.3, 0.4) is 0 Å². The summed E-state index contributed by atoms with van der Waals surface area (Å²) in [6, 6.07) is 14.5. The van der Waals surface area contributed by atoms with Gasteiger partial charge in [-0.25, -0.2) is 4.39 Å². The number of phenolic OH excluding ortho intramolecular Hbond substituents is 1. The highest BCUT2D eigenvalue weighted by Gasteiger charge is 2.40. The third kappa shape index (κ3) is 3.65. The quantitative estimate of drug-likeness (QED) is 0.829. The Balaban J connectivity index is 1.30. The minimum Gasteiger partial charge on any atom is -0.505 e. The summed E-state index contributed by atoms with van der Waals surface area (Å²) in [6.07, 6.45) is 3.62. The lowest BCUT2D eigenvalue weighted by Crippen LogP contribution is -2.29. The van der Waals surface area contributed by atoms with Gasteiger partial charge in [-0.15, -0.1) is 0 Å². The number of carbonyl (C=O) groups is 1. The van der Waals surface area contributed by atoms with Gasteiger partial charge in [0.25, 0.3) is 0 Å². The number of carbonyl (C=O) groups excluding carboxylic acids is 1. The lowest BCUT2D eigenvalue weighted by Gasteiger charge is -2.18. The normalized spacial score (nSPS) is 23.3. The van der Waals surface area contributed by atoms with Crippen molar-refractivity contribution in [2.24, 2.45) is 17.8 Å². The van der Waals surface area contributed by atoms with Crippen molar-refractivity contribution >= 4 is 5.78 Å². The Kier molecular flexibility index (Phi) is 4.77. The molecule has 1 N–H and O–H groups in total. The van der Waals surface area contributed by atoms with E-state index in [1.165, 1.54) is 30.5 Å². The summed E-state index contributed by atoms with van der Waals surface area (Å²) in [5.41, 5.74) is 1.75. The van der Waals surface area contributed by atoms with Crippen LogP contribution in [0.5, 0.6) is 5.75 Å². The minimum atomic E-state index is -0.738. The number of Topliss-reactive ketones (excluding diaryl/α,β-unsaturated/α-hetero) is 1. The number of hydrogen-bond acceptors (Lipinski definition) is 3. The number of likely N-dealkylation sites (tertiary alicyclic amines) is 1. The lowest BCUT2D eigenvalue weighted by molar-refractivity contribution is 0.0939. The van der Waals surface area contributed by atoms with Crippen LogP contribution in [0.15, 0.2) is 48.5 Å². The summed E-state index contributed by atoms with van der Waals surface area (Å²) >= 11 is 0. The zero-order chi connectivity index (χ0) is 18.1. The first-order valence-corrected chi connectivity index (χ1v) is 9.36. The fourth-order valence-corrected chi connectivity index (χ4v) is 4.74. The number of fused-ring (bicyclic) bond motifs is 1. The van der Waals surface area contributed by atoms with Crippen LogP contribution in [-0.4, -0.2) is 35.4 Å². The van der Waals surface area contributed by atoms with E-state index in [2.05, 4.69) is 35.2 Å². The van der Waals surface area contributed by atoms with E-state index < -0.39 is 11.6 Å². The molecule has 2 fully saturated rings. The number of halogens is 1. The average Bonchev–Trinajstić information content (AvgIpc) is 3.16. The first-order chi connectivity index (χ1) is 12.6. The zero-order valence-electron chi connectivity index (χ0n) is 14.8. The van der Waals surface area contributed by atoms with Crippen LogP contribution in [0.4, 0.5) is 4.39 Å². The van der Waals surface area contributed by atoms with Gasteiger partial charge in [-0.1, -0.05) is 30.3 Å². The van der Waals surface area contributed by atoms with Crippen molar-refractivity contribution in [3.8, 4) is 5.75 Å². The highest BCUT2D eigenvalue weighted by atomic mass is 19.1. The Morgan fingerprint density at radius 2 is 1.77 bits per heavy atom. The van der Waals surface area contributed by atoms with Crippen LogP contribution in [0, 0.1) is 23.6 Å². The molecule has 3 nitrogen and oxygen atoms in total. The summed E-state index contributed by atoms with van der Waals surface area (Å²) in [4.78, 5) is 14.6. The van der Waals surface area contributed by atoms with Crippen molar-refractivity contribution in [3.05, 3.63) is 65.5 Å². The SMILES string of the molecule is O=C(CN1C[C@@H]2CC(Cc3ccccc3)C[C@H]2C1)c1ccc(O)c(F)c1. The maximum absolute atomic E-state index is 13.4. The van der Waals surface area contributed by atoms with Gasteiger partial charge in [0.1, 0.15) is 0 Å². The van der Waals surface area contributed by atoms with E-state index in [0.29, 0.717) is 23.9 Å². The molecule has 0 unspecified atom stereocenters. The smallest absolute Gasteiger partial charge is 0.176 e. The van der Waals surface area contributed by atoms with Crippen molar-refractivity contribution in [1.29, 1.82) is 0 Å². The molecule has 136 valence electrons. The van der Waals surface area contributed by atoms with Crippen LogP contribution in [-0.2, 0) is 6.42 Å². The topological polar surface area (TPSA) is 40.5 Å². The number of phenols is 1. The second kappa shape index (κ2) is 7.20. The number of nitrogens with zero attached hydrogens (tertiary/aromatic N) is 1. The molecule has 2 aromatic carbocycles. The van der Waals surface area contributed by atoms with Crippen LogP contribution in [0.1, 0.15) is 28.8 Å². The standard InChI is InChI=1S/C22H24FNO2/c23-20-11-17(6-7-21(20)25)22(26)14-24-12-18-9-16(10-19(18)13-24)8-15-4-2-1-3-5-15/h1-7,11,16,18-19,25H,8-10,12-14H2/t18-,19-/m0/s1. The predicted octanol–water partition coefficient (Wildman–Crippen LogP) is 3.91. The van der Waals surface area contributed by atoms with Crippen molar-refractivity contribution in [2.45, 2.75) is 19.3 Å². The summed E-state index contributed by atoms with van der Waals surface area (Å²) in [7, 11) is 0. The molecule has 4 rings (SSSR count). The second-order valence-corrected chi connectivity index (χ2v) is 7.83. The first-order valence-electron chi connectivity index (χ1n) is 9.36. The van der Waals surface area contributed by atoms with Crippen LogP contribution >= 0.6 is 0 Å². The van der Waals surface area contributed by atoms with Gasteiger partial charge < -0.3 is 5.11 Å². The molecule has 2 aliphatic rings. The van der Waals surface area contributed by atoms with E-state index in [1.807, 2.05) is 0 Å². The first kappa shape index (κ1) is 17.2. The van der Waals surface area contributed by atoms with Gasteiger partial charge in [0.2, 0.25) is 0 Å². The van der Waals surface area contributed by atoms with Crippen molar-refractivity contribution in [2.75, 3.05) is 19.6 Å². The van der Waals surface area contributed by atoms with Crippen molar-refractivity contribution < 1.29 is 14.3 Å². The number of aromatic hydroxyl groups is 1. The highest BCUT2D eigenvalue weighted by molar-refractivity contribution is 5.97. The highest BCUT2D eigenvalue weighted by Crippen LogP contribution is 2.42. The minimum absolute atomic E-state index is 0.0790. The molecule has 4 heteroatoms. The van der Waals surface area contributed by atoms with Gasteiger partial charge in [0.05, 0.1) is 6.54 Å². The second-order valence-electron chi connectivity index (χ2n) is 7.83. The third-order valence-corrected chi connectivity index (χ3v) is 5.93. The summed E-state index contributed by atoms with van der Waals surface area (Å²) < 4.78 is 13.4. The molecule has 1 aliphatic heterocycles. The molecular weight excluding hydrogens is 329 g/mol. The van der Waals surface area contributed by atoms with E-state index in [1.54, 1.807) is 0 Å². The van der Waals surface area contributed by atoms with Gasteiger partial charge in [-0.2, -0.15) is 0 Å². The molecule has 0 bridgehead atoms. The Bertz CT molecular complexity index is 778. The molecule has 26 heavy (non-hydrogen) atoms. The molecule has 0 amide bonds. The molecule has 2 aromatic rings. The Labute approximate surface area is 153 Å². The molecule has 0 aromatic heterocycles. The lowest BCUT2D eigenvalue weighted by atomic mass is 9.96. The van der Waals surface area contributed by atoms with Crippen LogP contribution in [0.2, 0.25) is 0 Å². The van der Waals surface area contributed by atoms with Crippen LogP contribution in [0.25, 0.3) is 0 Å². The maximum atomic E-state index is 13.4. The maximum Gasteiger partial charge on any atom is 0.176 e. The van der Waals surface area contributed by atoms with Gasteiger partial charge >= 0.3 is 0 Å². The molecule has 2 atom stereocenters. The summed E-state index contributed by atoms with van der Waals surface area (Å²) in [5.74, 6) is 0.863. The Hall–Kier alpha value is -2.20. The molecule has 1 heterocycles. The van der Waals surface area contributed by atoms with E-state index >= 15 is 0 Å². The molecule has 1 saturated carbocycles. The summed E-state index contributed by atoms with van der Waals surface area (Å²) in [5, 5.41) is 9.25.